The SMILES string of the molecule is CS(=O)(=O)c1cc(Cl)cc(-c2ccccn2)c1Br. The summed E-state index contributed by atoms with van der Waals surface area (Å²) in [5.41, 5.74) is 1.32. The van der Waals surface area contributed by atoms with Crippen molar-refractivity contribution in [2.75, 3.05) is 6.26 Å². The Labute approximate surface area is 119 Å². The van der Waals surface area contributed by atoms with E-state index < -0.39 is 9.84 Å². The van der Waals surface area contributed by atoms with E-state index >= 15 is 0 Å². The van der Waals surface area contributed by atoms with Crippen molar-refractivity contribution in [1.29, 1.82) is 0 Å². The number of halogens is 2. The van der Waals surface area contributed by atoms with Crippen LogP contribution in [0.3, 0.4) is 0 Å². The van der Waals surface area contributed by atoms with E-state index in [2.05, 4.69) is 20.9 Å². The molecule has 0 saturated carbocycles. The number of hydrogen-bond donors (Lipinski definition) is 0. The van der Waals surface area contributed by atoms with Gasteiger partial charge in [0.15, 0.2) is 9.84 Å². The smallest absolute Gasteiger partial charge is 0.176 e. The van der Waals surface area contributed by atoms with Gasteiger partial charge in [-0.25, -0.2) is 8.42 Å². The maximum absolute atomic E-state index is 11.7. The summed E-state index contributed by atoms with van der Waals surface area (Å²) in [6.07, 6.45) is 2.79. The quantitative estimate of drug-likeness (QED) is 0.835. The minimum absolute atomic E-state index is 0.163. The summed E-state index contributed by atoms with van der Waals surface area (Å²) < 4.78 is 23.8. The molecule has 1 aromatic heterocycles. The molecule has 2 aromatic rings. The van der Waals surface area contributed by atoms with Crippen LogP contribution in [0.2, 0.25) is 5.02 Å². The van der Waals surface area contributed by atoms with Crippen LogP contribution in [0.15, 0.2) is 45.9 Å². The third kappa shape index (κ3) is 2.74. The lowest BCUT2D eigenvalue weighted by Gasteiger charge is -2.09. The van der Waals surface area contributed by atoms with Crippen LogP contribution in [0.4, 0.5) is 0 Å². The molecular weight excluding hydrogens is 338 g/mol. The topological polar surface area (TPSA) is 47.0 Å². The van der Waals surface area contributed by atoms with Crippen molar-refractivity contribution in [3.05, 3.63) is 46.0 Å². The molecule has 0 saturated heterocycles. The van der Waals surface area contributed by atoms with Crippen molar-refractivity contribution >= 4 is 37.4 Å². The summed E-state index contributed by atoms with van der Waals surface area (Å²) in [7, 11) is -3.35. The Balaban J connectivity index is 2.75. The van der Waals surface area contributed by atoms with E-state index in [0.29, 0.717) is 20.8 Å². The molecule has 0 aliphatic rings. The Morgan fingerprint density at radius 1 is 1.28 bits per heavy atom. The Morgan fingerprint density at radius 3 is 2.56 bits per heavy atom. The van der Waals surface area contributed by atoms with E-state index in [0.717, 1.165) is 6.26 Å². The molecule has 0 aliphatic heterocycles. The van der Waals surface area contributed by atoms with Gasteiger partial charge >= 0.3 is 0 Å². The fraction of sp³-hybridized carbons (Fsp3) is 0.0833. The van der Waals surface area contributed by atoms with Gasteiger partial charge in [0.05, 0.1) is 10.6 Å². The molecule has 6 heteroatoms. The molecule has 0 unspecified atom stereocenters. The number of sulfone groups is 1. The van der Waals surface area contributed by atoms with Crippen LogP contribution in [0.25, 0.3) is 11.3 Å². The van der Waals surface area contributed by atoms with Crippen molar-refractivity contribution in [2.45, 2.75) is 4.90 Å². The fourth-order valence-corrected chi connectivity index (χ4v) is 3.92. The van der Waals surface area contributed by atoms with Crippen LogP contribution in [0.5, 0.6) is 0 Å². The number of pyridine rings is 1. The maximum Gasteiger partial charge on any atom is 0.176 e. The predicted molar refractivity (Wildman–Crippen MR) is 75.5 cm³/mol. The van der Waals surface area contributed by atoms with Gasteiger partial charge < -0.3 is 0 Å². The van der Waals surface area contributed by atoms with Crippen LogP contribution in [0, 0.1) is 0 Å². The third-order valence-corrected chi connectivity index (χ3v) is 4.80. The molecule has 18 heavy (non-hydrogen) atoms. The first-order chi connectivity index (χ1) is 8.39. The van der Waals surface area contributed by atoms with Crippen molar-refractivity contribution in [3.8, 4) is 11.3 Å². The highest BCUT2D eigenvalue weighted by molar-refractivity contribution is 9.10. The highest BCUT2D eigenvalue weighted by Crippen LogP contribution is 2.35. The largest absolute Gasteiger partial charge is 0.256 e. The number of benzene rings is 1. The van der Waals surface area contributed by atoms with Crippen molar-refractivity contribution < 1.29 is 8.42 Å². The van der Waals surface area contributed by atoms with Crippen molar-refractivity contribution in [1.82, 2.24) is 4.98 Å². The third-order valence-electron chi connectivity index (χ3n) is 2.34. The molecular formula is C12H9BrClNO2S. The molecule has 1 heterocycles. The van der Waals surface area contributed by atoms with Crippen molar-refractivity contribution in [3.63, 3.8) is 0 Å². The molecule has 0 fully saturated rings. The monoisotopic (exact) mass is 345 g/mol. The van der Waals surface area contributed by atoms with Gasteiger partial charge in [-0.3, -0.25) is 4.98 Å². The van der Waals surface area contributed by atoms with Crippen LogP contribution in [0.1, 0.15) is 0 Å². The van der Waals surface area contributed by atoms with Gasteiger partial charge in [0, 0.05) is 27.5 Å². The standard InChI is InChI=1S/C12H9BrClNO2S/c1-18(16,17)11-7-8(14)6-9(12(11)13)10-4-2-3-5-15-10/h2-7H,1H3. The predicted octanol–water partition coefficient (Wildman–Crippen LogP) is 3.57. The zero-order chi connectivity index (χ0) is 13.3. The Morgan fingerprint density at radius 2 is 2.00 bits per heavy atom. The average molecular weight is 347 g/mol. The van der Waals surface area contributed by atoms with Gasteiger partial charge in [0.2, 0.25) is 0 Å². The minimum atomic E-state index is -3.35. The molecule has 3 nitrogen and oxygen atoms in total. The lowest BCUT2D eigenvalue weighted by atomic mass is 10.1. The first-order valence-electron chi connectivity index (χ1n) is 5.00. The van der Waals surface area contributed by atoms with E-state index in [1.165, 1.54) is 6.07 Å². The molecule has 2 rings (SSSR count). The summed E-state index contributed by atoms with van der Waals surface area (Å²) in [5.74, 6) is 0. The summed E-state index contributed by atoms with van der Waals surface area (Å²) in [6.45, 7) is 0. The minimum Gasteiger partial charge on any atom is -0.256 e. The van der Waals surface area contributed by atoms with Gasteiger partial charge in [-0.1, -0.05) is 17.7 Å². The molecule has 0 amide bonds. The van der Waals surface area contributed by atoms with Crippen LogP contribution in [-0.2, 0) is 9.84 Å². The Bertz CT molecular complexity index is 687. The first kappa shape index (κ1) is 13.5. The van der Waals surface area contributed by atoms with Gasteiger partial charge in [-0.05, 0) is 40.2 Å². The van der Waals surface area contributed by atoms with Crippen LogP contribution < -0.4 is 0 Å². The Kier molecular flexibility index (Phi) is 3.75. The molecule has 0 spiro atoms. The van der Waals surface area contributed by atoms with E-state index in [-0.39, 0.29) is 4.90 Å². The highest BCUT2D eigenvalue weighted by atomic mass is 79.9. The lowest BCUT2D eigenvalue weighted by molar-refractivity contribution is 0.601. The van der Waals surface area contributed by atoms with E-state index in [9.17, 15) is 8.42 Å². The fourth-order valence-electron chi connectivity index (χ4n) is 1.54. The molecule has 0 atom stereocenters. The first-order valence-corrected chi connectivity index (χ1v) is 8.06. The summed E-state index contributed by atoms with van der Waals surface area (Å²) in [6, 6.07) is 8.52. The molecule has 0 radical (unpaired) electrons. The van der Waals surface area contributed by atoms with E-state index in [1.807, 2.05) is 6.07 Å². The van der Waals surface area contributed by atoms with E-state index in [1.54, 1.807) is 24.4 Å². The normalized spacial score (nSPS) is 11.5. The second-order valence-electron chi connectivity index (χ2n) is 3.75. The second-order valence-corrected chi connectivity index (χ2v) is 6.97. The summed E-state index contributed by atoms with van der Waals surface area (Å²) >= 11 is 9.27. The average Bonchev–Trinajstić information content (AvgIpc) is 2.31. The van der Waals surface area contributed by atoms with Gasteiger partial charge in [-0.2, -0.15) is 0 Å². The molecule has 94 valence electrons. The number of hydrogen-bond acceptors (Lipinski definition) is 3. The number of rotatable bonds is 2. The molecule has 0 bridgehead atoms. The highest BCUT2D eigenvalue weighted by Gasteiger charge is 2.17. The summed E-state index contributed by atoms with van der Waals surface area (Å²) in [5, 5.41) is 0.360. The summed E-state index contributed by atoms with van der Waals surface area (Å²) in [4.78, 5) is 4.35. The van der Waals surface area contributed by atoms with Crippen LogP contribution >= 0.6 is 27.5 Å². The Hall–Kier alpha value is -0.910. The molecule has 0 N–H and O–H groups in total. The zero-order valence-electron chi connectivity index (χ0n) is 9.39. The van der Waals surface area contributed by atoms with Crippen LogP contribution in [-0.4, -0.2) is 19.7 Å². The van der Waals surface area contributed by atoms with Crippen molar-refractivity contribution in [2.24, 2.45) is 0 Å². The number of nitrogens with zero attached hydrogens (tertiary/aromatic N) is 1. The van der Waals surface area contributed by atoms with Gasteiger partial charge in [0.1, 0.15) is 0 Å². The van der Waals surface area contributed by atoms with Gasteiger partial charge in [-0.15, -0.1) is 0 Å². The zero-order valence-corrected chi connectivity index (χ0v) is 12.6. The van der Waals surface area contributed by atoms with E-state index in [4.69, 9.17) is 11.6 Å². The second kappa shape index (κ2) is 4.99. The maximum atomic E-state index is 11.7. The number of aromatic nitrogens is 1. The molecule has 0 aliphatic carbocycles. The molecule has 1 aromatic carbocycles. The van der Waals surface area contributed by atoms with Gasteiger partial charge in [0.25, 0.3) is 0 Å². The lowest BCUT2D eigenvalue weighted by Crippen LogP contribution is -2.00.